The van der Waals surface area contributed by atoms with Crippen LogP contribution in [0.5, 0.6) is 0 Å². The summed E-state index contributed by atoms with van der Waals surface area (Å²) < 4.78 is 1.69. The maximum Gasteiger partial charge on any atom is 0.224 e. The van der Waals surface area contributed by atoms with E-state index < -0.39 is 0 Å². The van der Waals surface area contributed by atoms with Crippen molar-refractivity contribution in [2.24, 2.45) is 0 Å². The highest BCUT2D eigenvalue weighted by Crippen LogP contribution is 2.16. The molecule has 3 rings (SSSR count). The average Bonchev–Trinajstić information content (AvgIpc) is 3.13. The summed E-state index contributed by atoms with van der Waals surface area (Å²) in [4.78, 5) is 34.6. The van der Waals surface area contributed by atoms with Crippen molar-refractivity contribution < 1.29 is 14.4 Å². The van der Waals surface area contributed by atoms with Gasteiger partial charge in [0.2, 0.25) is 11.8 Å². The maximum absolute atomic E-state index is 12.0. The zero-order valence-electron chi connectivity index (χ0n) is 14.6. The van der Waals surface area contributed by atoms with Crippen molar-refractivity contribution in [3.63, 3.8) is 0 Å². The highest BCUT2D eigenvalue weighted by Gasteiger charge is 2.09. The van der Waals surface area contributed by atoms with Gasteiger partial charge in [0.05, 0.1) is 0 Å². The molecule has 0 aliphatic carbocycles. The number of hydrogen-bond acceptors (Lipinski definition) is 6. The summed E-state index contributed by atoms with van der Waals surface area (Å²) >= 11 is 4.20. The van der Waals surface area contributed by atoms with Gasteiger partial charge in [-0.3, -0.25) is 19.0 Å². The number of anilines is 2. The van der Waals surface area contributed by atoms with Crippen LogP contribution in [0.1, 0.15) is 23.2 Å². The molecule has 0 aliphatic heterocycles. The first-order chi connectivity index (χ1) is 13.5. The van der Waals surface area contributed by atoms with Crippen LogP contribution >= 0.6 is 12.6 Å². The molecule has 1 aromatic heterocycles. The summed E-state index contributed by atoms with van der Waals surface area (Å²) in [5, 5.41) is 13.4. The highest BCUT2D eigenvalue weighted by atomic mass is 32.1. The molecule has 0 bridgehead atoms. The zero-order valence-corrected chi connectivity index (χ0v) is 15.5. The molecule has 2 N–H and O–H groups in total. The van der Waals surface area contributed by atoms with Crippen LogP contribution in [0, 0.1) is 6.07 Å². The number of amides is 2. The van der Waals surface area contributed by atoms with Crippen molar-refractivity contribution >= 4 is 42.1 Å². The molecule has 28 heavy (non-hydrogen) atoms. The third-order valence-electron chi connectivity index (χ3n) is 3.79. The monoisotopic (exact) mass is 394 g/mol. The third-order valence-corrected chi connectivity index (χ3v) is 4.09. The number of hydrogen-bond donors (Lipinski definition) is 3. The second kappa shape index (κ2) is 8.96. The van der Waals surface area contributed by atoms with E-state index in [1.807, 2.05) is 0 Å². The molecule has 0 saturated carbocycles. The van der Waals surface area contributed by atoms with Gasteiger partial charge in [-0.2, -0.15) is 0 Å². The number of carbonyl (C=O) groups excluding carboxylic acids is 3. The molecular formula is C19H16N5O3S. The van der Waals surface area contributed by atoms with Crippen LogP contribution in [0.4, 0.5) is 11.4 Å². The van der Waals surface area contributed by atoms with Crippen molar-refractivity contribution in [2.75, 3.05) is 10.6 Å². The summed E-state index contributed by atoms with van der Waals surface area (Å²) in [5.41, 5.74) is 2.34. The molecular weight excluding hydrogens is 378 g/mol. The SMILES string of the molecule is O=Cc1[c]cc(NC(=O)CCC(=O)Nc2ccc(-n3cnnc3S)cc2)cc1. The molecule has 2 amide bonds. The van der Waals surface area contributed by atoms with E-state index >= 15 is 0 Å². The molecule has 0 unspecified atom stereocenters. The van der Waals surface area contributed by atoms with Gasteiger partial charge in [-0.05, 0) is 48.5 Å². The normalized spacial score (nSPS) is 10.3. The fourth-order valence-electron chi connectivity index (χ4n) is 2.38. The smallest absolute Gasteiger partial charge is 0.224 e. The van der Waals surface area contributed by atoms with Crippen LogP contribution in [0.2, 0.25) is 0 Å². The average molecular weight is 394 g/mol. The van der Waals surface area contributed by atoms with Crippen LogP contribution in [-0.2, 0) is 9.59 Å². The lowest BCUT2D eigenvalue weighted by Crippen LogP contribution is -2.17. The molecule has 141 valence electrons. The summed E-state index contributed by atoms with van der Waals surface area (Å²) in [6.45, 7) is 0. The number of nitrogens with one attached hydrogen (secondary N) is 2. The van der Waals surface area contributed by atoms with Crippen LogP contribution in [0.25, 0.3) is 5.69 Å². The molecule has 3 aromatic rings. The van der Waals surface area contributed by atoms with Crippen LogP contribution in [0.15, 0.2) is 53.9 Å². The van der Waals surface area contributed by atoms with E-state index in [1.54, 1.807) is 47.3 Å². The standard InChI is InChI=1S/C19H16N5O3S/c25-11-13-1-3-14(4-2-13)21-17(26)9-10-18(27)22-15-5-7-16(8-6-15)24-12-20-23-19(24)28/h1,3-8,11-12H,9-10H2,(H,21,26)(H,22,27)(H,23,28). The van der Waals surface area contributed by atoms with Gasteiger partial charge in [0.25, 0.3) is 0 Å². The topological polar surface area (TPSA) is 106 Å². The van der Waals surface area contributed by atoms with E-state index in [0.717, 1.165) is 5.69 Å². The fraction of sp³-hybridized carbons (Fsp3) is 0.105. The first-order valence-electron chi connectivity index (χ1n) is 8.31. The third kappa shape index (κ3) is 5.04. The first-order valence-corrected chi connectivity index (χ1v) is 8.76. The Kier molecular flexibility index (Phi) is 6.18. The molecule has 1 heterocycles. The summed E-state index contributed by atoms with van der Waals surface area (Å²) in [5.74, 6) is -0.573. The van der Waals surface area contributed by atoms with E-state index in [4.69, 9.17) is 0 Å². The Balaban J connectivity index is 1.47. The minimum absolute atomic E-state index is 0.0308. The second-order valence-corrected chi connectivity index (χ2v) is 6.19. The number of carbonyl (C=O) groups is 3. The fourth-order valence-corrected chi connectivity index (χ4v) is 2.60. The van der Waals surface area contributed by atoms with Gasteiger partial charge in [0.15, 0.2) is 11.4 Å². The van der Waals surface area contributed by atoms with Crippen LogP contribution < -0.4 is 10.6 Å². The Hall–Kier alpha value is -3.46. The minimum Gasteiger partial charge on any atom is -0.326 e. The molecule has 0 spiro atoms. The van der Waals surface area contributed by atoms with Crippen LogP contribution in [0.3, 0.4) is 0 Å². The highest BCUT2D eigenvalue weighted by molar-refractivity contribution is 7.80. The number of aromatic nitrogens is 3. The van der Waals surface area contributed by atoms with Crippen LogP contribution in [-0.4, -0.2) is 32.9 Å². The van der Waals surface area contributed by atoms with Gasteiger partial charge in [0.1, 0.15) is 6.33 Å². The first kappa shape index (κ1) is 19.3. The molecule has 2 aromatic carbocycles. The van der Waals surface area contributed by atoms with E-state index in [0.29, 0.717) is 28.4 Å². The zero-order chi connectivity index (χ0) is 19.9. The summed E-state index contributed by atoms with van der Waals surface area (Å²) in [6, 6.07) is 14.5. The van der Waals surface area contributed by atoms with Crippen molar-refractivity contribution in [3.8, 4) is 5.69 Å². The van der Waals surface area contributed by atoms with Crippen molar-refractivity contribution in [1.82, 2.24) is 14.8 Å². The van der Waals surface area contributed by atoms with E-state index in [9.17, 15) is 14.4 Å². The number of benzene rings is 2. The molecule has 0 aliphatic rings. The molecule has 1 radical (unpaired) electrons. The van der Waals surface area contributed by atoms with Crippen molar-refractivity contribution in [3.05, 3.63) is 60.4 Å². The Labute approximate surface area is 166 Å². The van der Waals surface area contributed by atoms with Gasteiger partial charge in [0, 0.05) is 35.5 Å². The number of aldehydes is 1. The number of nitrogens with zero attached hydrogens (tertiary/aromatic N) is 3. The largest absolute Gasteiger partial charge is 0.326 e. The van der Waals surface area contributed by atoms with Gasteiger partial charge < -0.3 is 10.6 Å². The summed E-state index contributed by atoms with van der Waals surface area (Å²) in [6.07, 6.45) is 2.28. The predicted molar refractivity (Wildman–Crippen MR) is 106 cm³/mol. The molecule has 0 saturated heterocycles. The van der Waals surface area contributed by atoms with Gasteiger partial charge in [-0.15, -0.1) is 22.8 Å². The second-order valence-electron chi connectivity index (χ2n) is 5.79. The number of thiol groups is 1. The lowest BCUT2D eigenvalue weighted by atomic mass is 10.2. The minimum atomic E-state index is -0.299. The molecule has 8 nitrogen and oxygen atoms in total. The number of rotatable bonds is 7. The quantitative estimate of drug-likeness (QED) is 0.422. The molecule has 9 heteroatoms. The van der Waals surface area contributed by atoms with Gasteiger partial charge in [-0.1, -0.05) is 0 Å². The van der Waals surface area contributed by atoms with Gasteiger partial charge in [-0.25, -0.2) is 0 Å². The van der Waals surface area contributed by atoms with E-state index in [1.165, 1.54) is 6.07 Å². The lowest BCUT2D eigenvalue weighted by Gasteiger charge is -2.08. The Morgan fingerprint density at radius 2 is 1.68 bits per heavy atom. The Morgan fingerprint density at radius 3 is 2.21 bits per heavy atom. The Morgan fingerprint density at radius 1 is 1.04 bits per heavy atom. The molecule has 0 fully saturated rings. The van der Waals surface area contributed by atoms with Gasteiger partial charge >= 0.3 is 0 Å². The predicted octanol–water partition coefficient (Wildman–Crippen LogP) is 2.53. The van der Waals surface area contributed by atoms with E-state index in [2.05, 4.69) is 39.5 Å². The Bertz CT molecular complexity index is 984. The van der Waals surface area contributed by atoms with E-state index in [-0.39, 0.29) is 24.7 Å². The lowest BCUT2D eigenvalue weighted by molar-refractivity contribution is -0.121. The molecule has 0 atom stereocenters. The maximum atomic E-state index is 12.0. The van der Waals surface area contributed by atoms with Crippen molar-refractivity contribution in [2.45, 2.75) is 18.0 Å². The summed E-state index contributed by atoms with van der Waals surface area (Å²) in [7, 11) is 0. The van der Waals surface area contributed by atoms with Crippen molar-refractivity contribution in [1.29, 1.82) is 0 Å².